The molecule has 0 saturated heterocycles. The molecule has 0 radical (unpaired) electrons. The lowest BCUT2D eigenvalue weighted by Gasteiger charge is -2.13. The fourth-order valence-electron chi connectivity index (χ4n) is 2.74. The van der Waals surface area contributed by atoms with Crippen molar-refractivity contribution < 1.29 is 78.9 Å². The highest BCUT2D eigenvalue weighted by Gasteiger charge is 2.09. The number of rotatable bonds is 4. The van der Waals surface area contributed by atoms with Crippen LogP contribution in [0.4, 0.5) is 22.7 Å². The molecule has 4 aromatic rings. The van der Waals surface area contributed by atoms with E-state index in [0.717, 1.165) is 47.0 Å². The minimum atomic E-state index is -4.73. The monoisotopic (exact) mass is 652 g/mol. The van der Waals surface area contributed by atoms with Crippen LogP contribution in [0.2, 0.25) is 0 Å². The Balaban J connectivity index is 0.000000303. The van der Waals surface area contributed by atoms with Crippen molar-refractivity contribution in [3.05, 3.63) is 96.1 Å². The van der Waals surface area contributed by atoms with E-state index in [1.165, 1.54) is 0 Å². The number of carboxylic acid groups (broad SMARTS) is 2. The summed E-state index contributed by atoms with van der Waals surface area (Å²) in [6.45, 7) is 0. The molecule has 0 aliphatic carbocycles. The van der Waals surface area contributed by atoms with Crippen molar-refractivity contribution in [1.29, 1.82) is 0 Å². The van der Waals surface area contributed by atoms with E-state index in [9.17, 15) is 45.7 Å². The zero-order chi connectivity index (χ0) is 33.8. The molecule has 16 nitrogen and oxygen atoms in total. The summed E-state index contributed by atoms with van der Waals surface area (Å²) in [6.07, 6.45) is 0. The zero-order valence-corrected chi connectivity index (χ0v) is 24.3. The van der Waals surface area contributed by atoms with E-state index in [4.69, 9.17) is 10.2 Å². The van der Waals surface area contributed by atoms with Gasteiger partial charge >= 0.3 is 11.9 Å². The third-order valence-electron chi connectivity index (χ3n) is 4.99. The van der Waals surface area contributed by atoms with Crippen molar-refractivity contribution in [3.8, 4) is 11.5 Å². The number of carbonyl (C=O) groups is 2. The lowest BCUT2D eigenvalue weighted by molar-refractivity contribution is -0.269. The number of carboxylic acids is 2. The summed E-state index contributed by atoms with van der Waals surface area (Å²) < 4.78 is 62.8. The lowest BCUT2D eigenvalue weighted by atomic mass is 10.2. The number of aromatic carboxylic acids is 2. The van der Waals surface area contributed by atoms with Crippen molar-refractivity contribution in [2.75, 3.05) is 0 Å². The van der Waals surface area contributed by atoms with Gasteiger partial charge in [-0.25, -0.2) is 26.4 Å². The molecule has 236 valence electrons. The molecule has 0 spiro atoms. The predicted octanol–water partition coefficient (Wildman–Crippen LogP) is -2.41. The van der Waals surface area contributed by atoms with Crippen LogP contribution in [0.5, 0.6) is 11.5 Å². The molecular formula is C26H28N4O12S2. The summed E-state index contributed by atoms with van der Waals surface area (Å²) >= 11 is 0. The van der Waals surface area contributed by atoms with E-state index in [1.54, 1.807) is 0 Å². The molecule has 0 heterocycles. The van der Waals surface area contributed by atoms with Gasteiger partial charge in [0.15, 0.2) is 0 Å². The molecule has 0 saturated carbocycles. The molecule has 0 fully saturated rings. The van der Waals surface area contributed by atoms with Crippen molar-refractivity contribution in [1.82, 2.24) is 0 Å². The van der Waals surface area contributed by atoms with E-state index in [0.29, 0.717) is 12.1 Å². The van der Waals surface area contributed by atoms with Gasteiger partial charge in [-0.3, -0.25) is 0 Å². The molecule has 0 aliphatic heterocycles. The van der Waals surface area contributed by atoms with Crippen LogP contribution in [0.1, 0.15) is 20.7 Å². The molecule has 4 rings (SSSR count). The van der Waals surface area contributed by atoms with Crippen LogP contribution in [0.25, 0.3) is 0 Å². The highest BCUT2D eigenvalue weighted by atomic mass is 32.2. The summed E-state index contributed by atoms with van der Waals surface area (Å²) in [5.74, 6) is -4.82. The summed E-state index contributed by atoms with van der Waals surface area (Å²) in [6, 6.07) is 19.7. The van der Waals surface area contributed by atoms with Gasteiger partial charge in [-0.2, -0.15) is 0 Å². The van der Waals surface area contributed by atoms with E-state index in [1.807, 2.05) is 48.5 Å². The van der Waals surface area contributed by atoms with Crippen LogP contribution in [-0.2, 0) is 20.2 Å². The molecule has 0 aliphatic rings. The van der Waals surface area contributed by atoms with Gasteiger partial charge in [0.2, 0.25) is 0 Å². The third-order valence-corrected chi connectivity index (χ3v) is 6.65. The molecule has 44 heavy (non-hydrogen) atoms. The zero-order valence-electron chi connectivity index (χ0n) is 22.7. The SMILES string of the molecule is O=C(O)c1cc(S(=O)(=O)[O-])ccc1[O-].O=C(O)c1cc(S(=O)(=O)[O-])ccc1[O-].[NH3+]c1ccc([NH3+])cc1.[NH3+]c1ccc([NH3+])cc1. The molecule has 18 heteroatoms. The predicted molar refractivity (Wildman–Crippen MR) is 145 cm³/mol. The van der Waals surface area contributed by atoms with E-state index in [2.05, 4.69) is 22.9 Å². The van der Waals surface area contributed by atoms with E-state index < -0.39 is 64.6 Å². The minimum absolute atomic E-state index is 0.549. The first-order valence-electron chi connectivity index (χ1n) is 11.7. The van der Waals surface area contributed by atoms with E-state index in [-0.39, 0.29) is 0 Å². The molecular weight excluding hydrogens is 624 g/mol. The van der Waals surface area contributed by atoms with Crippen LogP contribution in [0.15, 0.2) is 94.7 Å². The van der Waals surface area contributed by atoms with Crippen LogP contribution in [-0.4, -0.2) is 48.1 Å². The highest BCUT2D eigenvalue weighted by molar-refractivity contribution is 7.86. The van der Waals surface area contributed by atoms with Gasteiger partial charge in [-0.1, -0.05) is 23.6 Å². The Morgan fingerprint density at radius 1 is 0.500 bits per heavy atom. The minimum Gasteiger partial charge on any atom is -0.872 e. The summed E-state index contributed by atoms with van der Waals surface area (Å²) in [5.41, 5.74) is 17.6. The largest absolute Gasteiger partial charge is 0.872 e. The van der Waals surface area contributed by atoms with Crippen LogP contribution in [0, 0.1) is 0 Å². The maximum absolute atomic E-state index is 10.9. The Kier molecular flexibility index (Phi) is 13.6. The fourth-order valence-corrected chi connectivity index (χ4v) is 3.74. The first kappa shape index (κ1) is 37.1. The second-order valence-corrected chi connectivity index (χ2v) is 11.2. The molecule has 4 aromatic carbocycles. The van der Waals surface area contributed by atoms with Crippen LogP contribution < -0.4 is 33.1 Å². The first-order valence-corrected chi connectivity index (χ1v) is 14.5. The Labute approximate surface area is 250 Å². The highest BCUT2D eigenvalue weighted by Crippen LogP contribution is 2.19. The summed E-state index contributed by atoms with van der Waals surface area (Å²) in [4.78, 5) is 19.4. The molecule has 0 unspecified atom stereocenters. The number of quaternary nitrogens is 4. The second-order valence-electron chi connectivity index (χ2n) is 8.47. The molecule has 14 N–H and O–H groups in total. The van der Waals surface area contributed by atoms with E-state index >= 15 is 0 Å². The van der Waals surface area contributed by atoms with Crippen molar-refractivity contribution >= 4 is 54.9 Å². The maximum atomic E-state index is 10.9. The number of benzene rings is 4. The van der Waals surface area contributed by atoms with Crippen LogP contribution >= 0.6 is 0 Å². The number of hydrogen-bond donors (Lipinski definition) is 6. The third kappa shape index (κ3) is 12.9. The standard InChI is InChI=1S/2C7H6O6S.2C6H8N2/c2*8-6-2-1-4(14(11,12)13)3-5(6)7(9)10;2*7-5-1-2-6(8)4-3-5/h2*1-3,8H,(H,9,10)(H,11,12,13);2*1-4H,7-8H2. The fraction of sp³-hybridized carbons (Fsp3) is 0. The van der Waals surface area contributed by atoms with Crippen LogP contribution in [0.3, 0.4) is 0 Å². The smallest absolute Gasteiger partial charge is 0.335 e. The quantitative estimate of drug-likeness (QED) is 0.126. The summed E-state index contributed by atoms with van der Waals surface area (Å²) in [5, 5.41) is 38.6. The van der Waals surface area contributed by atoms with Gasteiger partial charge in [0, 0.05) is 48.5 Å². The lowest BCUT2D eigenvalue weighted by Crippen LogP contribution is -2.42. The maximum Gasteiger partial charge on any atom is 0.335 e. The summed E-state index contributed by atoms with van der Waals surface area (Å²) in [7, 11) is -9.46. The van der Waals surface area contributed by atoms with Gasteiger partial charge in [0.05, 0.1) is 20.9 Å². The second kappa shape index (κ2) is 16.1. The van der Waals surface area contributed by atoms with Crippen molar-refractivity contribution in [3.63, 3.8) is 0 Å². The Hall–Kier alpha value is -4.92. The molecule has 0 atom stereocenters. The Morgan fingerprint density at radius 3 is 0.909 bits per heavy atom. The Bertz CT molecular complexity index is 1640. The average Bonchev–Trinajstić information content (AvgIpc) is 2.92. The number of hydrogen-bond acceptors (Lipinski definition) is 10. The van der Waals surface area contributed by atoms with Crippen molar-refractivity contribution in [2.24, 2.45) is 0 Å². The first-order chi connectivity index (χ1) is 20.2. The molecule has 0 bridgehead atoms. The van der Waals surface area contributed by atoms with Gasteiger partial charge < -0.3 is 52.5 Å². The molecule has 0 aromatic heterocycles. The van der Waals surface area contributed by atoms with Gasteiger partial charge in [0.25, 0.3) is 0 Å². The van der Waals surface area contributed by atoms with Crippen molar-refractivity contribution in [2.45, 2.75) is 9.79 Å². The molecule has 0 amide bonds. The Morgan fingerprint density at radius 2 is 0.727 bits per heavy atom. The average molecular weight is 653 g/mol. The topological polar surface area (TPSA) is 346 Å². The van der Waals surface area contributed by atoms with Gasteiger partial charge in [-0.15, -0.1) is 0 Å². The normalized spacial score (nSPS) is 10.5. The van der Waals surface area contributed by atoms with Gasteiger partial charge in [-0.05, 0) is 24.3 Å². The van der Waals surface area contributed by atoms with Gasteiger partial charge in [0.1, 0.15) is 43.0 Å².